The number of hydrogen-bond acceptors (Lipinski definition) is 2. The highest BCUT2D eigenvalue weighted by molar-refractivity contribution is 6.16. The Bertz CT molecular complexity index is 2110. The highest BCUT2D eigenvalue weighted by atomic mass is 15.2. The van der Waals surface area contributed by atoms with E-state index in [1.807, 2.05) is 0 Å². The van der Waals surface area contributed by atoms with E-state index in [2.05, 4.69) is 202 Å². The van der Waals surface area contributed by atoms with Gasteiger partial charge in [-0.1, -0.05) is 109 Å². The van der Waals surface area contributed by atoms with Gasteiger partial charge in [-0.2, -0.15) is 0 Å². The molecule has 0 aliphatic heterocycles. The van der Waals surface area contributed by atoms with Gasteiger partial charge in [0, 0.05) is 44.9 Å². The Labute approximate surface area is 263 Å². The summed E-state index contributed by atoms with van der Waals surface area (Å²) in [6.07, 6.45) is 0. The first kappa shape index (κ1) is 26.6. The van der Waals surface area contributed by atoms with Crippen molar-refractivity contribution in [1.29, 1.82) is 0 Å². The van der Waals surface area contributed by atoms with Gasteiger partial charge in [-0.15, -0.1) is 0 Å². The Morgan fingerprint density at radius 1 is 0.333 bits per heavy atom. The molecule has 0 atom stereocenters. The molecule has 3 heteroatoms. The second kappa shape index (κ2) is 11.6. The van der Waals surface area contributed by atoms with E-state index >= 15 is 0 Å². The number of fused-ring (bicyclic) bond motifs is 3. The molecule has 8 rings (SSSR count). The lowest BCUT2D eigenvalue weighted by Gasteiger charge is -2.30. The maximum atomic E-state index is 2.41. The molecular weight excluding hydrogens is 546 g/mol. The SMILES string of the molecule is c1ccc(N(c2ccccc2)c2cc(N(c3ccccc3)c3ccccc3)c3c(c2)c2ccccc2n3-c2ccccc2)cc1. The van der Waals surface area contributed by atoms with Gasteiger partial charge in [-0.25, -0.2) is 0 Å². The van der Waals surface area contributed by atoms with Crippen LogP contribution in [0.1, 0.15) is 0 Å². The number of benzene rings is 7. The first-order valence-corrected chi connectivity index (χ1v) is 15.3. The normalized spacial score (nSPS) is 11.1. The number of rotatable bonds is 7. The van der Waals surface area contributed by atoms with Gasteiger partial charge in [0.25, 0.3) is 0 Å². The Balaban J connectivity index is 1.53. The van der Waals surface area contributed by atoms with Crippen LogP contribution in [0, 0.1) is 0 Å². The number of nitrogens with zero attached hydrogens (tertiary/aromatic N) is 3. The average molecular weight is 578 g/mol. The molecule has 0 saturated heterocycles. The Kier molecular flexibility index (Phi) is 6.82. The van der Waals surface area contributed by atoms with Gasteiger partial charge in [0.15, 0.2) is 0 Å². The van der Waals surface area contributed by atoms with Gasteiger partial charge < -0.3 is 14.4 Å². The van der Waals surface area contributed by atoms with Crippen LogP contribution in [-0.4, -0.2) is 4.57 Å². The zero-order valence-electron chi connectivity index (χ0n) is 24.7. The quantitative estimate of drug-likeness (QED) is 0.187. The third-order valence-corrected chi connectivity index (χ3v) is 8.30. The van der Waals surface area contributed by atoms with Crippen LogP contribution in [-0.2, 0) is 0 Å². The molecule has 0 aliphatic carbocycles. The molecule has 0 aliphatic rings. The van der Waals surface area contributed by atoms with E-state index in [1.165, 1.54) is 16.3 Å². The Morgan fingerprint density at radius 3 is 1.27 bits per heavy atom. The summed E-state index contributed by atoms with van der Waals surface area (Å²) in [5.41, 5.74) is 10.0. The molecule has 1 heterocycles. The van der Waals surface area contributed by atoms with Crippen LogP contribution in [0.15, 0.2) is 188 Å². The molecule has 0 unspecified atom stereocenters. The van der Waals surface area contributed by atoms with E-state index in [-0.39, 0.29) is 0 Å². The molecule has 214 valence electrons. The number of aromatic nitrogens is 1. The molecule has 8 aromatic rings. The van der Waals surface area contributed by atoms with Gasteiger partial charge in [0.2, 0.25) is 0 Å². The third kappa shape index (κ3) is 4.81. The summed E-state index contributed by atoms with van der Waals surface area (Å²) in [5, 5.41) is 2.40. The lowest BCUT2D eigenvalue weighted by atomic mass is 10.1. The third-order valence-electron chi connectivity index (χ3n) is 8.30. The van der Waals surface area contributed by atoms with Gasteiger partial charge >= 0.3 is 0 Å². The van der Waals surface area contributed by atoms with Crippen molar-refractivity contribution in [2.75, 3.05) is 9.80 Å². The second-order valence-electron chi connectivity index (χ2n) is 11.1. The monoisotopic (exact) mass is 577 g/mol. The standard InChI is InChI=1S/C42H31N3/c1-6-18-32(19-7-1)43(33-20-8-2-9-21-33)37-30-39-38-28-16-17-29-40(38)45(36-26-14-5-15-27-36)42(39)41(31-37)44(34-22-10-3-11-23-34)35-24-12-4-13-25-35/h1-31H. The molecule has 7 aromatic carbocycles. The van der Waals surface area contributed by atoms with Crippen LogP contribution in [0.3, 0.4) is 0 Å². The molecule has 0 N–H and O–H groups in total. The van der Waals surface area contributed by atoms with Gasteiger partial charge in [0.05, 0.1) is 16.7 Å². The first-order valence-electron chi connectivity index (χ1n) is 15.3. The fourth-order valence-corrected chi connectivity index (χ4v) is 6.39. The van der Waals surface area contributed by atoms with E-state index in [9.17, 15) is 0 Å². The molecule has 3 nitrogen and oxygen atoms in total. The van der Waals surface area contributed by atoms with Gasteiger partial charge in [0.1, 0.15) is 0 Å². The summed E-state index contributed by atoms with van der Waals surface area (Å²) in [6.45, 7) is 0. The molecule has 0 saturated carbocycles. The lowest BCUT2D eigenvalue weighted by molar-refractivity contribution is 1.16. The zero-order chi connectivity index (χ0) is 30.0. The lowest BCUT2D eigenvalue weighted by Crippen LogP contribution is -2.14. The van der Waals surface area contributed by atoms with Crippen molar-refractivity contribution in [3.8, 4) is 5.69 Å². The maximum Gasteiger partial charge on any atom is 0.0783 e. The molecule has 0 fully saturated rings. The molecule has 0 bridgehead atoms. The van der Waals surface area contributed by atoms with Crippen LogP contribution < -0.4 is 9.80 Å². The van der Waals surface area contributed by atoms with Crippen LogP contribution in [0.4, 0.5) is 34.1 Å². The molecule has 45 heavy (non-hydrogen) atoms. The van der Waals surface area contributed by atoms with Gasteiger partial charge in [-0.05, 0) is 78.9 Å². The molecule has 0 spiro atoms. The van der Waals surface area contributed by atoms with Crippen molar-refractivity contribution in [2.45, 2.75) is 0 Å². The number of anilines is 6. The van der Waals surface area contributed by atoms with Crippen LogP contribution in [0.2, 0.25) is 0 Å². The highest BCUT2D eigenvalue weighted by Crippen LogP contribution is 2.47. The van der Waals surface area contributed by atoms with Crippen molar-refractivity contribution in [3.63, 3.8) is 0 Å². The Morgan fingerprint density at radius 2 is 0.756 bits per heavy atom. The minimum atomic E-state index is 1.09. The summed E-state index contributed by atoms with van der Waals surface area (Å²) in [7, 11) is 0. The molecule has 1 aromatic heterocycles. The van der Waals surface area contributed by atoms with Crippen LogP contribution in [0.25, 0.3) is 27.5 Å². The average Bonchev–Trinajstić information content (AvgIpc) is 3.45. The van der Waals surface area contributed by atoms with Crippen molar-refractivity contribution in [1.82, 2.24) is 4.57 Å². The van der Waals surface area contributed by atoms with E-state index in [4.69, 9.17) is 0 Å². The topological polar surface area (TPSA) is 11.4 Å². The van der Waals surface area contributed by atoms with Crippen LogP contribution >= 0.6 is 0 Å². The number of hydrogen-bond donors (Lipinski definition) is 0. The van der Waals surface area contributed by atoms with Crippen molar-refractivity contribution >= 4 is 55.9 Å². The highest BCUT2D eigenvalue weighted by Gasteiger charge is 2.24. The van der Waals surface area contributed by atoms with E-state index in [0.717, 1.165) is 45.3 Å². The maximum absolute atomic E-state index is 2.41. The molecular formula is C42H31N3. The Hall–Kier alpha value is -6.06. The first-order chi connectivity index (χ1) is 22.4. The van der Waals surface area contributed by atoms with Crippen LogP contribution in [0.5, 0.6) is 0 Å². The summed E-state index contributed by atoms with van der Waals surface area (Å²) >= 11 is 0. The van der Waals surface area contributed by atoms with Crippen molar-refractivity contribution in [3.05, 3.63) is 188 Å². The molecule has 0 amide bonds. The summed E-state index contributed by atoms with van der Waals surface area (Å²) in [6, 6.07) is 66.8. The minimum absolute atomic E-state index is 1.09. The van der Waals surface area contributed by atoms with E-state index in [0.29, 0.717) is 0 Å². The summed E-state index contributed by atoms with van der Waals surface area (Å²) < 4.78 is 2.41. The number of para-hydroxylation sites is 6. The van der Waals surface area contributed by atoms with E-state index in [1.54, 1.807) is 0 Å². The predicted octanol–water partition coefficient (Wildman–Crippen LogP) is 11.7. The summed E-state index contributed by atoms with van der Waals surface area (Å²) in [5.74, 6) is 0. The fraction of sp³-hybridized carbons (Fsp3) is 0. The van der Waals surface area contributed by atoms with Crippen molar-refractivity contribution in [2.24, 2.45) is 0 Å². The van der Waals surface area contributed by atoms with Crippen molar-refractivity contribution < 1.29 is 0 Å². The molecule has 0 radical (unpaired) electrons. The largest absolute Gasteiger partial charge is 0.310 e. The zero-order valence-corrected chi connectivity index (χ0v) is 24.7. The minimum Gasteiger partial charge on any atom is -0.310 e. The summed E-state index contributed by atoms with van der Waals surface area (Å²) in [4.78, 5) is 4.74. The fourth-order valence-electron chi connectivity index (χ4n) is 6.39. The van der Waals surface area contributed by atoms with Gasteiger partial charge in [-0.3, -0.25) is 0 Å². The van der Waals surface area contributed by atoms with E-state index < -0.39 is 0 Å². The second-order valence-corrected chi connectivity index (χ2v) is 11.1. The predicted molar refractivity (Wildman–Crippen MR) is 190 cm³/mol. The smallest absolute Gasteiger partial charge is 0.0783 e.